The highest BCUT2D eigenvalue weighted by Gasteiger charge is 2.32. The molecule has 27 heavy (non-hydrogen) atoms. The van der Waals surface area contributed by atoms with Crippen LogP contribution < -0.4 is 21.9 Å². The highest BCUT2D eigenvalue weighted by atomic mass is 32.2. The smallest absolute Gasteiger partial charge is 0.260 e. The summed E-state index contributed by atoms with van der Waals surface area (Å²) >= 11 is 1.27. The van der Waals surface area contributed by atoms with Crippen LogP contribution in [0.3, 0.4) is 0 Å². The summed E-state index contributed by atoms with van der Waals surface area (Å²) in [5.74, 6) is -1.15. The Kier molecular flexibility index (Phi) is 3.89. The van der Waals surface area contributed by atoms with Gasteiger partial charge in [0, 0.05) is 35.1 Å². The van der Waals surface area contributed by atoms with Gasteiger partial charge in [-0.05, 0) is 12.1 Å². The fourth-order valence-electron chi connectivity index (χ4n) is 2.66. The van der Waals surface area contributed by atoms with E-state index < -0.39 is 11.8 Å². The number of hydrogen-bond acceptors (Lipinski definition) is 7. The Morgan fingerprint density at radius 3 is 2.78 bits per heavy atom. The molecule has 0 saturated heterocycles. The Balaban J connectivity index is 1.68. The van der Waals surface area contributed by atoms with Gasteiger partial charge in [-0.3, -0.25) is 24.8 Å². The Morgan fingerprint density at radius 2 is 2.07 bits per heavy atom. The number of carbonyl (C=O) groups excluding carboxylic acids is 2. The number of rotatable bonds is 2. The first-order chi connectivity index (χ1) is 12.9. The molecule has 2 aromatic heterocycles. The summed E-state index contributed by atoms with van der Waals surface area (Å²) < 4.78 is 0. The number of hydrogen-bond donors (Lipinski definition) is 5. The number of aromatic nitrogens is 2. The van der Waals surface area contributed by atoms with Crippen LogP contribution in [0.15, 0.2) is 52.2 Å². The van der Waals surface area contributed by atoms with Gasteiger partial charge in [0.25, 0.3) is 5.91 Å². The molecule has 0 aromatic carbocycles. The molecule has 2 aliphatic heterocycles. The molecular weight excluding hydrogens is 368 g/mol. The maximum atomic E-state index is 12.5. The summed E-state index contributed by atoms with van der Waals surface area (Å²) in [6.07, 6.45) is 4.54. The van der Waals surface area contributed by atoms with Crippen molar-refractivity contribution in [3.63, 3.8) is 0 Å². The van der Waals surface area contributed by atoms with Crippen LogP contribution in [0.2, 0.25) is 0 Å². The number of H-pyrrole nitrogens is 1. The zero-order valence-electron chi connectivity index (χ0n) is 13.6. The highest BCUT2D eigenvalue weighted by molar-refractivity contribution is 8.12. The van der Waals surface area contributed by atoms with E-state index >= 15 is 0 Å². The van der Waals surface area contributed by atoms with E-state index in [0.717, 1.165) is 10.5 Å². The summed E-state index contributed by atoms with van der Waals surface area (Å²) in [5.41, 5.74) is 6.54. The Hall–Kier alpha value is -3.66. The van der Waals surface area contributed by atoms with Crippen LogP contribution >= 0.6 is 11.8 Å². The molecule has 4 rings (SSSR count). The summed E-state index contributed by atoms with van der Waals surface area (Å²) in [6.45, 7) is 0. The molecule has 0 fully saturated rings. The van der Waals surface area contributed by atoms with Crippen LogP contribution in [0.4, 0.5) is 5.69 Å². The molecular formula is C17H12N6O3S. The summed E-state index contributed by atoms with van der Waals surface area (Å²) in [7, 11) is 0. The second-order valence-electron chi connectivity index (χ2n) is 5.71. The Bertz CT molecular complexity index is 1130. The first-order valence-corrected chi connectivity index (χ1v) is 8.54. The zero-order valence-corrected chi connectivity index (χ0v) is 14.4. The van der Waals surface area contributed by atoms with Crippen LogP contribution in [0.25, 0.3) is 4.91 Å². The molecule has 2 amide bonds. The molecule has 9 nitrogen and oxygen atoms in total. The fraction of sp³-hybridized carbons (Fsp3) is 0. The average Bonchev–Trinajstić information content (AvgIpc) is 3.11. The monoisotopic (exact) mass is 380 g/mol. The van der Waals surface area contributed by atoms with Crippen LogP contribution in [0, 0.1) is 5.41 Å². The molecule has 134 valence electrons. The predicted octanol–water partition coefficient (Wildman–Crippen LogP) is 0.735. The number of primary amides is 1. The minimum absolute atomic E-state index is 0.0594. The van der Waals surface area contributed by atoms with Gasteiger partial charge in [0.2, 0.25) is 11.5 Å². The Morgan fingerprint density at radius 1 is 1.26 bits per heavy atom. The van der Waals surface area contributed by atoms with Crippen molar-refractivity contribution in [1.82, 2.24) is 15.3 Å². The van der Waals surface area contributed by atoms with Gasteiger partial charge in [-0.2, -0.15) is 0 Å². The number of amides is 2. The van der Waals surface area contributed by atoms with E-state index in [0.29, 0.717) is 5.03 Å². The summed E-state index contributed by atoms with van der Waals surface area (Å²) in [6, 6.07) is 4.48. The molecule has 10 heteroatoms. The number of fused-ring (bicyclic) bond motifs is 1. The van der Waals surface area contributed by atoms with E-state index in [1.54, 1.807) is 18.5 Å². The number of carbonyl (C=O) groups is 2. The van der Waals surface area contributed by atoms with E-state index in [2.05, 4.69) is 20.6 Å². The number of nitrogens with zero attached hydrogens (tertiary/aromatic N) is 1. The quantitative estimate of drug-likeness (QED) is 0.484. The van der Waals surface area contributed by atoms with Gasteiger partial charge in [-0.1, -0.05) is 11.8 Å². The lowest BCUT2D eigenvalue weighted by Gasteiger charge is -2.21. The summed E-state index contributed by atoms with van der Waals surface area (Å²) in [5, 5.41) is 14.5. The van der Waals surface area contributed by atoms with E-state index in [9.17, 15) is 14.4 Å². The number of nitrogens with two attached hydrogens (primary N) is 1. The average molecular weight is 380 g/mol. The minimum atomic E-state index is -0.669. The molecule has 0 aliphatic carbocycles. The fourth-order valence-corrected chi connectivity index (χ4v) is 3.65. The SMILES string of the molecule is N=C1/C(=C2\NC=C(c3ccc(=O)[nH]c3)S2)C(=O)Nc2cc(C(N)=O)cnc21. The topological polar surface area (TPSA) is 154 Å². The predicted molar refractivity (Wildman–Crippen MR) is 101 cm³/mol. The molecule has 2 aliphatic rings. The third kappa shape index (κ3) is 2.91. The number of aromatic amines is 1. The van der Waals surface area contributed by atoms with Crippen LogP contribution in [0.1, 0.15) is 21.6 Å². The van der Waals surface area contributed by atoms with Crippen molar-refractivity contribution in [2.45, 2.75) is 0 Å². The van der Waals surface area contributed by atoms with Gasteiger partial charge < -0.3 is 21.4 Å². The standard InChI is InChI=1S/C17H12N6O3S/c18-13-12(16(26)23-9-3-8(15(19)25)5-21-14(9)13)17-22-6-10(27-17)7-1-2-11(24)20-4-7/h1-6,18,22H,(H2,19,25)(H,20,24)(H,23,26)/b17-12-,18-13?. The third-order valence-electron chi connectivity index (χ3n) is 3.98. The van der Waals surface area contributed by atoms with Crippen LogP contribution in [0.5, 0.6) is 0 Å². The normalized spacial score (nSPS) is 18.4. The number of nitrogens with one attached hydrogen (secondary N) is 4. The maximum absolute atomic E-state index is 12.5. The molecule has 0 saturated carbocycles. The van der Waals surface area contributed by atoms with Gasteiger partial charge in [0.05, 0.1) is 27.6 Å². The second-order valence-corrected chi connectivity index (χ2v) is 6.77. The van der Waals surface area contributed by atoms with Crippen molar-refractivity contribution in [2.75, 3.05) is 5.32 Å². The van der Waals surface area contributed by atoms with Crippen molar-refractivity contribution in [3.8, 4) is 0 Å². The highest BCUT2D eigenvalue weighted by Crippen LogP contribution is 2.39. The van der Waals surface area contributed by atoms with Gasteiger partial charge in [-0.15, -0.1) is 0 Å². The van der Waals surface area contributed by atoms with E-state index in [-0.39, 0.29) is 33.8 Å². The lowest BCUT2D eigenvalue weighted by molar-refractivity contribution is -0.112. The Labute approximate surface area is 156 Å². The molecule has 0 bridgehead atoms. The van der Waals surface area contributed by atoms with Gasteiger partial charge in [0.15, 0.2) is 0 Å². The summed E-state index contributed by atoms with van der Waals surface area (Å²) in [4.78, 5) is 42.5. The van der Waals surface area contributed by atoms with Crippen molar-refractivity contribution in [3.05, 3.63) is 74.6 Å². The van der Waals surface area contributed by atoms with Crippen LogP contribution in [-0.2, 0) is 4.79 Å². The van der Waals surface area contributed by atoms with Gasteiger partial charge in [0.1, 0.15) is 5.69 Å². The third-order valence-corrected chi connectivity index (χ3v) is 5.08. The maximum Gasteiger partial charge on any atom is 0.260 e. The largest absolute Gasteiger partial charge is 0.366 e. The number of thioether (sulfide) groups is 1. The van der Waals surface area contributed by atoms with Gasteiger partial charge in [-0.25, -0.2) is 0 Å². The molecule has 6 N–H and O–H groups in total. The van der Waals surface area contributed by atoms with Crippen LogP contribution in [-0.4, -0.2) is 27.5 Å². The van der Waals surface area contributed by atoms with Gasteiger partial charge >= 0.3 is 0 Å². The first kappa shape index (κ1) is 16.8. The molecule has 0 atom stereocenters. The van der Waals surface area contributed by atoms with Crippen molar-refractivity contribution in [2.24, 2.45) is 5.73 Å². The number of anilines is 1. The molecule has 2 aromatic rings. The van der Waals surface area contributed by atoms with E-state index in [1.165, 1.54) is 30.1 Å². The molecule has 0 radical (unpaired) electrons. The van der Waals surface area contributed by atoms with Crippen molar-refractivity contribution in [1.29, 1.82) is 5.41 Å². The van der Waals surface area contributed by atoms with Crippen molar-refractivity contribution >= 4 is 39.9 Å². The van der Waals surface area contributed by atoms with E-state index in [4.69, 9.17) is 11.1 Å². The second kappa shape index (κ2) is 6.25. The lowest BCUT2D eigenvalue weighted by Crippen LogP contribution is -2.31. The minimum Gasteiger partial charge on any atom is -0.366 e. The molecule has 0 unspecified atom stereocenters. The molecule has 4 heterocycles. The number of pyridine rings is 2. The van der Waals surface area contributed by atoms with E-state index in [1.807, 2.05) is 0 Å². The van der Waals surface area contributed by atoms with Crippen molar-refractivity contribution < 1.29 is 9.59 Å². The first-order valence-electron chi connectivity index (χ1n) is 7.72. The lowest BCUT2D eigenvalue weighted by atomic mass is 10.0. The zero-order chi connectivity index (χ0) is 19.1. The molecule has 0 spiro atoms.